The van der Waals surface area contributed by atoms with Crippen LogP contribution in [0.5, 0.6) is 0 Å². The zero-order valence-corrected chi connectivity index (χ0v) is 12.9. The predicted molar refractivity (Wildman–Crippen MR) is 76.8 cm³/mol. The van der Waals surface area contributed by atoms with Gasteiger partial charge in [0.2, 0.25) is 0 Å². The first-order valence-electron chi connectivity index (χ1n) is 6.07. The van der Waals surface area contributed by atoms with Gasteiger partial charge in [-0.2, -0.15) is 5.10 Å². The third-order valence-corrected chi connectivity index (χ3v) is 3.44. The predicted octanol–water partition coefficient (Wildman–Crippen LogP) is 1.03. The Morgan fingerprint density at radius 3 is 2.63 bits per heavy atom. The number of aromatic nitrogens is 2. The van der Waals surface area contributed by atoms with Crippen LogP contribution in [0.15, 0.2) is 17.1 Å². The highest BCUT2D eigenvalue weighted by Crippen LogP contribution is 2.09. The van der Waals surface area contributed by atoms with E-state index < -0.39 is 10.8 Å². The number of esters is 1. The number of nitrogens with zero attached hydrogens (tertiary/aromatic N) is 3. The second kappa shape index (κ2) is 7.28. The van der Waals surface area contributed by atoms with Gasteiger partial charge in [-0.15, -0.1) is 0 Å². The van der Waals surface area contributed by atoms with E-state index >= 15 is 0 Å². The summed E-state index contributed by atoms with van der Waals surface area (Å²) in [7, 11) is 1.30. The average Bonchev–Trinajstić information content (AvgIpc) is 2.42. The van der Waals surface area contributed by atoms with Crippen molar-refractivity contribution < 1.29 is 9.53 Å². The highest BCUT2D eigenvalue weighted by atomic mass is 79.9. The number of hydrogen-bond donors (Lipinski definition) is 0. The molecular weight excluding hydrogens is 314 g/mol. The highest BCUT2D eigenvalue weighted by molar-refractivity contribution is 9.10. The molecule has 0 fully saturated rings. The Hall–Kier alpha value is -1.37. The average molecular weight is 332 g/mol. The molecule has 1 aromatic heterocycles. The van der Waals surface area contributed by atoms with E-state index in [0.717, 1.165) is 18.8 Å². The Morgan fingerprint density at radius 1 is 1.53 bits per heavy atom. The van der Waals surface area contributed by atoms with Crippen LogP contribution in [0.4, 0.5) is 5.69 Å². The van der Waals surface area contributed by atoms with Gasteiger partial charge in [0.15, 0.2) is 0 Å². The van der Waals surface area contributed by atoms with Crippen molar-refractivity contribution in [2.75, 3.05) is 25.1 Å². The van der Waals surface area contributed by atoms with Gasteiger partial charge < -0.3 is 9.64 Å². The fourth-order valence-corrected chi connectivity index (χ4v) is 2.14. The molecule has 0 aromatic carbocycles. The van der Waals surface area contributed by atoms with E-state index in [1.807, 2.05) is 18.7 Å². The van der Waals surface area contributed by atoms with Gasteiger partial charge in [-0.1, -0.05) is 15.9 Å². The van der Waals surface area contributed by atoms with Crippen molar-refractivity contribution in [2.24, 2.45) is 0 Å². The summed E-state index contributed by atoms with van der Waals surface area (Å²) in [4.78, 5) is 24.6. The minimum atomic E-state index is -0.581. The molecule has 7 heteroatoms. The number of carbonyl (C=O) groups is 1. The number of hydrogen-bond acceptors (Lipinski definition) is 5. The summed E-state index contributed by atoms with van der Waals surface area (Å²) in [6, 6.07) is 1.52. The number of halogens is 1. The SMILES string of the molecule is CCN(CC)c1cnn(CC(Br)C(=O)OC)c(=O)c1. The lowest BCUT2D eigenvalue weighted by Gasteiger charge is -2.20. The van der Waals surface area contributed by atoms with Crippen LogP contribution in [0.25, 0.3) is 0 Å². The summed E-state index contributed by atoms with van der Waals surface area (Å²) >= 11 is 3.16. The third kappa shape index (κ3) is 4.05. The Balaban J connectivity index is 2.89. The molecule has 0 aliphatic carbocycles. The van der Waals surface area contributed by atoms with Gasteiger partial charge in [0.1, 0.15) is 4.83 Å². The van der Waals surface area contributed by atoms with E-state index in [2.05, 4.69) is 25.8 Å². The maximum atomic E-state index is 11.9. The smallest absolute Gasteiger partial charge is 0.321 e. The molecule has 0 aliphatic rings. The van der Waals surface area contributed by atoms with Gasteiger partial charge in [-0.25, -0.2) is 4.68 Å². The molecule has 1 atom stereocenters. The van der Waals surface area contributed by atoms with Crippen molar-refractivity contribution in [3.8, 4) is 0 Å². The Morgan fingerprint density at radius 2 is 2.16 bits per heavy atom. The zero-order valence-electron chi connectivity index (χ0n) is 11.3. The molecule has 0 radical (unpaired) electrons. The molecule has 0 spiro atoms. The number of alkyl halides is 1. The number of ether oxygens (including phenoxy) is 1. The topological polar surface area (TPSA) is 64.4 Å². The van der Waals surface area contributed by atoms with Crippen LogP contribution >= 0.6 is 15.9 Å². The summed E-state index contributed by atoms with van der Waals surface area (Å²) < 4.78 is 5.82. The van der Waals surface area contributed by atoms with E-state index in [0.29, 0.717) is 0 Å². The van der Waals surface area contributed by atoms with E-state index in [4.69, 9.17) is 0 Å². The first-order chi connectivity index (χ1) is 9.03. The number of methoxy groups -OCH3 is 1. The molecular formula is C12H18BrN3O3. The molecule has 0 N–H and O–H groups in total. The Kier molecular flexibility index (Phi) is 6.01. The van der Waals surface area contributed by atoms with Gasteiger partial charge in [0.05, 0.1) is 25.5 Å². The molecule has 0 saturated heterocycles. The number of carbonyl (C=O) groups excluding carboxylic acids is 1. The van der Waals surface area contributed by atoms with Crippen LogP contribution in [-0.4, -0.2) is 40.8 Å². The van der Waals surface area contributed by atoms with Crippen molar-refractivity contribution in [3.63, 3.8) is 0 Å². The van der Waals surface area contributed by atoms with Gasteiger partial charge >= 0.3 is 5.97 Å². The monoisotopic (exact) mass is 331 g/mol. The quantitative estimate of drug-likeness (QED) is 0.575. The summed E-state index contributed by atoms with van der Waals surface area (Å²) in [5.41, 5.74) is 0.549. The zero-order chi connectivity index (χ0) is 14.4. The van der Waals surface area contributed by atoms with Crippen LogP contribution in [0.3, 0.4) is 0 Å². The van der Waals surface area contributed by atoms with E-state index in [1.54, 1.807) is 6.20 Å². The lowest BCUT2D eigenvalue weighted by molar-refractivity contribution is -0.140. The van der Waals surface area contributed by atoms with E-state index in [9.17, 15) is 9.59 Å². The largest absolute Gasteiger partial charge is 0.468 e. The molecule has 0 saturated carbocycles. The highest BCUT2D eigenvalue weighted by Gasteiger charge is 2.17. The van der Waals surface area contributed by atoms with Crippen molar-refractivity contribution in [1.29, 1.82) is 0 Å². The second-order valence-corrected chi connectivity index (χ2v) is 5.00. The molecule has 6 nitrogen and oxygen atoms in total. The Labute approximate surface area is 120 Å². The van der Waals surface area contributed by atoms with Crippen LogP contribution in [0, 0.1) is 0 Å². The van der Waals surface area contributed by atoms with Crippen LogP contribution in [0.1, 0.15) is 13.8 Å². The minimum Gasteiger partial charge on any atom is -0.468 e. The maximum Gasteiger partial charge on any atom is 0.321 e. The molecule has 1 heterocycles. The third-order valence-electron chi connectivity index (χ3n) is 2.77. The van der Waals surface area contributed by atoms with Gasteiger partial charge in [-0.05, 0) is 13.8 Å². The van der Waals surface area contributed by atoms with E-state index in [-0.39, 0.29) is 12.1 Å². The summed E-state index contributed by atoms with van der Waals surface area (Å²) in [6.45, 7) is 5.79. The first kappa shape index (κ1) is 15.7. The lowest BCUT2D eigenvalue weighted by Crippen LogP contribution is -2.32. The number of anilines is 1. The Bertz CT molecular complexity index is 485. The summed E-state index contributed by atoms with van der Waals surface area (Å²) in [5, 5.41) is 4.08. The van der Waals surface area contributed by atoms with Gasteiger partial charge in [0, 0.05) is 19.2 Å². The minimum absolute atomic E-state index is 0.143. The normalized spacial score (nSPS) is 12.0. The van der Waals surface area contributed by atoms with Crippen molar-refractivity contribution in [1.82, 2.24) is 9.78 Å². The van der Waals surface area contributed by atoms with Crippen LogP contribution < -0.4 is 10.5 Å². The summed E-state index contributed by atoms with van der Waals surface area (Å²) in [5.74, 6) is -0.429. The fourth-order valence-electron chi connectivity index (χ4n) is 1.68. The molecule has 0 amide bonds. The van der Waals surface area contributed by atoms with Crippen molar-refractivity contribution in [2.45, 2.75) is 25.2 Å². The van der Waals surface area contributed by atoms with Gasteiger partial charge in [0.25, 0.3) is 5.56 Å². The second-order valence-electron chi connectivity index (χ2n) is 3.90. The molecule has 1 rings (SSSR count). The van der Waals surface area contributed by atoms with Crippen molar-refractivity contribution in [3.05, 3.63) is 22.6 Å². The maximum absolute atomic E-state index is 11.9. The summed E-state index contributed by atoms with van der Waals surface area (Å²) in [6.07, 6.45) is 1.63. The van der Waals surface area contributed by atoms with Crippen LogP contribution in [-0.2, 0) is 16.1 Å². The number of rotatable bonds is 6. The standard InChI is InChI=1S/C12H18BrN3O3/c1-4-15(5-2)9-6-11(17)16(14-7-9)8-10(13)12(18)19-3/h6-7,10H,4-5,8H2,1-3H3. The molecule has 1 aromatic rings. The fraction of sp³-hybridized carbons (Fsp3) is 0.583. The van der Waals surface area contributed by atoms with E-state index in [1.165, 1.54) is 17.9 Å². The molecule has 0 aliphatic heterocycles. The molecule has 19 heavy (non-hydrogen) atoms. The molecule has 106 valence electrons. The molecule has 1 unspecified atom stereocenters. The van der Waals surface area contributed by atoms with Crippen molar-refractivity contribution >= 4 is 27.6 Å². The molecule has 0 bridgehead atoms. The van der Waals surface area contributed by atoms with Gasteiger partial charge in [-0.3, -0.25) is 9.59 Å². The van der Waals surface area contributed by atoms with Crippen LogP contribution in [0.2, 0.25) is 0 Å². The lowest BCUT2D eigenvalue weighted by atomic mass is 10.3. The first-order valence-corrected chi connectivity index (χ1v) is 6.99.